The van der Waals surface area contributed by atoms with E-state index in [1.54, 1.807) is 0 Å². The standard InChI is InChI=1S/C8H18OS/c1-4-5-7(2)10-8(3)6-9/h7-9H,4-6H2,1-3H3. The lowest BCUT2D eigenvalue weighted by atomic mass is 10.3. The van der Waals surface area contributed by atoms with Gasteiger partial charge < -0.3 is 5.11 Å². The predicted molar refractivity (Wildman–Crippen MR) is 48.5 cm³/mol. The zero-order chi connectivity index (χ0) is 7.98. The van der Waals surface area contributed by atoms with E-state index >= 15 is 0 Å². The Morgan fingerprint density at radius 1 is 1.30 bits per heavy atom. The van der Waals surface area contributed by atoms with Crippen LogP contribution < -0.4 is 0 Å². The largest absolute Gasteiger partial charge is 0.395 e. The quantitative estimate of drug-likeness (QED) is 0.669. The van der Waals surface area contributed by atoms with Gasteiger partial charge in [-0.15, -0.1) is 0 Å². The van der Waals surface area contributed by atoms with E-state index in [9.17, 15) is 0 Å². The number of hydrogen-bond acceptors (Lipinski definition) is 2. The Balaban J connectivity index is 3.27. The fraction of sp³-hybridized carbons (Fsp3) is 1.00. The van der Waals surface area contributed by atoms with E-state index in [-0.39, 0.29) is 0 Å². The van der Waals surface area contributed by atoms with Gasteiger partial charge in [0.15, 0.2) is 0 Å². The van der Waals surface area contributed by atoms with Crippen LogP contribution in [0.2, 0.25) is 0 Å². The second kappa shape index (κ2) is 6.05. The molecule has 0 bridgehead atoms. The van der Waals surface area contributed by atoms with Crippen LogP contribution in [0.4, 0.5) is 0 Å². The molecule has 0 aromatic heterocycles. The van der Waals surface area contributed by atoms with Crippen molar-refractivity contribution in [1.82, 2.24) is 0 Å². The molecule has 0 heterocycles. The Labute approximate surface area is 68.2 Å². The SMILES string of the molecule is CCCC(C)SC(C)CO. The summed E-state index contributed by atoms with van der Waals surface area (Å²) < 4.78 is 0. The third kappa shape index (κ3) is 5.12. The molecule has 10 heavy (non-hydrogen) atoms. The van der Waals surface area contributed by atoms with Crippen molar-refractivity contribution in [3.05, 3.63) is 0 Å². The van der Waals surface area contributed by atoms with Crippen LogP contribution >= 0.6 is 11.8 Å². The van der Waals surface area contributed by atoms with Gasteiger partial charge in [-0.25, -0.2) is 0 Å². The number of hydrogen-bond donors (Lipinski definition) is 1. The van der Waals surface area contributed by atoms with E-state index in [4.69, 9.17) is 5.11 Å². The molecule has 0 amide bonds. The zero-order valence-corrected chi connectivity index (χ0v) is 7.95. The first-order chi connectivity index (χ1) is 4.70. The third-order valence-corrected chi connectivity index (χ3v) is 2.73. The lowest BCUT2D eigenvalue weighted by Crippen LogP contribution is -2.08. The van der Waals surface area contributed by atoms with Crippen molar-refractivity contribution in [2.75, 3.05) is 6.61 Å². The molecular weight excluding hydrogens is 144 g/mol. The maximum Gasteiger partial charge on any atom is 0.0547 e. The molecule has 0 aromatic carbocycles. The molecule has 1 N–H and O–H groups in total. The molecule has 2 heteroatoms. The number of aliphatic hydroxyl groups is 1. The average molecular weight is 162 g/mol. The number of aliphatic hydroxyl groups excluding tert-OH is 1. The van der Waals surface area contributed by atoms with Gasteiger partial charge in [-0.05, 0) is 6.42 Å². The monoisotopic (exact) mass is 162 g/mol. The van der Waals surface area contributed by atoms with Gasteiger partial charge in [0.25, 0.3) is 0 Å². The fourth-order valence-corrected chi connectivity index (χ4v) is 2.17. The maximum absolute atomic E-state index is 8.73. The Morgan fingerprint density at radius 3 is 2.30 bits per heavy atom. The highest BCUT2D eigenvalue weighted by Crippen LogP contribution is 2.20. The van der Waals surface area contributed by atoms with Crippen LogP contribution in [0.15, 0.2) is 0 Å². The van der Waals surface area contributed by atoms with Crippen molar-refractivity contribution in [3.8, 4) is 0 Å². The minimum Gasteiger partial charge on any atom is -0.395 e. The summed E-state index contributed by atoms with van der Waals surface area (Å²) in [7, 11) is 0. The van der Waals surface area contributed by atoms with E-state index in [2.05, 4.69) is 20.8 Å². The molecular formula is C8H18OS. The third-order valence-electron chi connectivity index (χ3n) is 1.42. The minimum atomic E-state index is 0.304. The van der Waals surface area contributed by atoms with E-state index in [1.165, 1.54) is 12.8 Å². The highest BCUT2D eigenvalue weighted by atomic mass is 32.2. The lowest BCUT2D eigenvalue weighted by molar-refractivity contribution is 0.299. The van der Waals surface area contributed by atoms with Crippen molar-refractivity contribution in [2.24, 2.45) is 0 Å². The molecule has 0 fully saturated rings. The van der Waals surface area contributed by atoms with Gasteiger partial charge in [0.2, 0.25) is 0 Å². The van der Waals surface area contributed by atoms with Gasteiger partial charge in [-0.3, -0.25) is 0 Å². The van der Waals surface area contributed by atoms with E-state index in [0.29, 0.717) is 17.1 Å². The van der Waals surface area contributed by atoms with E-state index in [0.717, 1.165) is 0 Å². The van der Waals surface area contributed by atoms with E-state index in [1.807, 2.05) is 11.8 Å². The Kier molecular flexibility index (Phi) is 6.24. The maximum atomic E-state index is 8.73. The van der Waals surface area contributed by atoms with Crippen LogP contribution in [-0.2, 0) is 0 Å². The van der Waals surface area contributed by atoms with Crippen LogP contribution in [0.25, 0.3) is 0 Å². The van der Waals surface area contributed by atoms with Crippen molar-refractivity contribution in [2.45, 2.75) is 44.1 Å². The highest BCUT2D eigenvalue weighted by Gasteiger charge is 2.06. The zero-order valence-electron chi connectivity index (χ0n) is 7.13. The molecule has 1 nitrogen and oxygen atoms in total. The van der Waals surface area contributed by atoms with Gasteiger partial charge in [-0.2, -0.15) is 11.8 Å². The molecule has 0 aliphatic heterocycles. The number of rotatable bonds is 5. The molecule has 0 rings (SSSR count). The summed E-state index contributed by atoms with van der Waals surface area (Å²) in [6.45, 7) is 6.79. The van der Waals surface area contributed by atoms with Gasteiger partial charge >= 0.3 is 0 Å². The van der Waals surface area contributed by atoms with Crippen LogP contribution in [0, 0.1) is 0 Å². The first kappa shape index (κ1) is 10.3. The van der Waals surface area contributed by atoms with Crippen molar-refractivity contribution >= 4 is 11.8 Å². The molecule has 0 radical (unpaired) electrons. The van der Waals surface area contributed by atoms with Crippen molar-refractivity contribution in [3.63, 3.8) is 0 Å². The van der Waals surface area contributed by atoms with Gasteiger partial charge in [0, 0.05) is 10.5 Å². The fourth-order valence-electron chi connectivity index (χ4n) is 0.914. The van der Waals surface area contributed by atoms with Crippen LogP contribution in [0.5, 0.6) is 0 Å². The summed E-state index contributed by atoms with van der Waals surface area (Å²) in [5, 5.41) is 9.84. The Hall–Kier alpha value is 0.310. The molecule has 0 saturated carbocycles. The average Bonchev–Trinajstić information content (AvgIpc) is 1.88. The molecule has 0 aliphatic rings. The smallest absolute Gasteiger partial charge is 0.0547 e. The second-order valence-electron chi connectivity index (χ2n) is 2.73. The summed E-state index contributed by atoms with van der Waals surface area (Å²) in [5.41, 5.74) is 0. The Morgan fingerprint density at radius 2 is 1.90 bits per heavy atom. The molecule has 0 saturated heterocycles. The van der Waals surface area contributed by atoms with Crippen LogP contribution in [0.1, 0.15) is 33.6 Å². The predicted octanol–water partition coefficient (Wildman–Crippen LogP) is 2.29. The summed E-state index contributed by atoms with van der Waals surface area (Å²) in [6, 6.07) is 0. The second-order valence-corrected chi connectivity index (χ2v) is 4.61. The first-order valence-corrected chi connectivity index (χ1v) is 4.91. The molecule has 0 aromatic rings. The normalized spacial score (nSPS) is 16.8. The van der Waals surface area contributed by atoms with Gasteiger partial charge in [-0.1, -0.05) is 27.2 Å². The molecule has 2 unspecified atom stereocenters. The summed E-state index contributed by atoms with van der Waals surface area (Å²) in [5.74, 6) is 0. The van der Waals surface area contributed by atoms with Crippen LogP contribution in [0.3, 0.4) is 0 Å². The summed E-state index contributed by atoms with van der Waals surface area (Å²) >= 11 is 1.87. The van der Waals surface area contributed by atoms with Gasteiger partial charge in [0.05, 0.1) is 6.61 Å². The lowest BCUT2D eigenvalue weighted by Gasteiger charge is -2.13. The molecule has 0 spiro atoms. The minimum absolute atomic E-state index is 0.304. The Bertz CT molecular complexity index is 75.7. The van der Waals surface area contributed by atoms with Crippen molar-refractivity contribution < 1.29 is 5.11 Å². The van der Waals surface area contributed by atoms with Crippen molar-refractivity contribution in [1.29, 1.82) is 0 Å². The van der Waals surface area contributed by atoms with E-state index < -0.39 is 0 Å². The number of thioether (sulfide) groups is 1. The topological polar surface area (TPSA) is 20.2 Å². The van der Waals surface area contributed by atoms with Gasteiger partial charge in [0.1, 0.15) is 0 Å². The molecule has 2 atom stereocenters. The highest BCUT2D eigenvalue weighted by molar-refractivity contribution is 8.00. The summed E-state index contributed by atoms with van der Waals surface area (Å²) in [4.78, 5) is 0. The summed E-state index contributed by atoms with van der Waals surface area (Å²) in [6.07, 6.45) is 2.50. The molecule has 62 valence electrons. The first-order valence-electron chi connectivity index (χ1n) is 3.97. The molecule has 0 aliphatic carbocycles. The van der Waals surface area contributed by atoms with Crippen LogP contribution in [-0.4, -0.2) is 22.2 Å².